The number of hydrogen-bond donors (Lipinski definition) is 3. The first-order valence-electron chi connectivity index (χ1n) is 19.7. The second-order valence-corrected chi connectivity index (χ2v) is 19.0. The van der Waals surface area contributed by atoms with E-state index in [2.05, 4.69) is 20.3 Å². The third kappa shape index (κ3) is 8.71. The number of sulfonamides is 1. The third-order valence-corrected chi connectivity index (χ3v) is 14.0. The van der Waals surface area contributed by atoms with Crippen molar-refractivity contribution in [3.63, 3.8) is 0 Å². The Labute approximate surface area is 336 Å². The van der Waals surface area contributed by atoms with Gasteiger partial charge in [0, 0.05) is 23.1 Å². The van der Waals surface area contributed by atoms with Gasteiger partial charge in [0.2, 0.25) is 33.3 Å². The number of rotatable bonds is 9. The number of amides is 4. The zero-order valence-electron chi connectivity index (χ0n) is 33.5. The van der Waals surface area contributed by atoms with Crippen LogP contribution in [0.2, 0.25) is 0 Å². The summed E-state index contributed by atoms with van der Waals surface area (Å²) in [5, 5.41) is 6.48. The zero-order valence-corrected chi connectivity index (χ0v) is 34.3. The van der Waals surface area contributed by atoms with Crippen LogP contribution in [0.4, 0.5) is 18.0 Å². The second kappa shape index (κ2) is 15.9. The average Bonchev–Trinajstić information content (AvgIpc) is 4.03. The number of ether oxygens (including phenoxy) is 3. The summed E-state index contributed by atoms with van der Waals surface area (Å²) >= 11 is 0. The molecular weight excluding hydrogens is 784 g/mol. The van der Waals surface area contributed by atoms with Crippen molar-refractivity contribution in [3.05, 3.63) is 42.6 Å². The molecule has 2 aliphatic heterocycles. The molecule has 4 aliphatic rings. The van der Waals surface area contributed by atoms with E-state index in [1.807, 2.05) is 32.1 Å². The molecule has 0 bridgehead atoms. The van der Waals surface area contributed by atoms with Crippen LogP contribution in [-0.2, 0) is 29.1 Å². The lowest BCUT2D eigenvalue weighted by atomic mass is 9.92. The highest BCUT2D eigenvalue weighted by Gasteiger charge is 2.63. The summed E-state index contributed by atoms with van der Waals surface area (Å²) in [4.78, 5) is 61.9. The van der Waals surface area contributed by atoms with Gasteiger partial charge in [0.15, 0.2) is 0 Å². The summed E-state index contributed by atoms with van der Waals surface area (Å²) in [6.07, 6.45) is 0.235. The van der Waals surface area contributed by atoms with E-state index in [1.165, 1.54) is 18.0 Å². The summed E-state index contributed by atoms with van der Waals surface area (Å²) in [7, 11) is -4.08. The number of pyridine rings is 1. The predicted octanol–water partition coefficient (Wildman–Crippen LogP) is 5.30. The molecule has 18 heteroatoms. The summed E-state index contributed by atoms with van der Waals surface area (Å²) in [5.74, 6) is -2.95. The summed E-state index contributed by atoms with van der Waals surface area (Å²) in [5.41, 5.74) is -4.53. The number of nitrogens with one attached hydrogen (secondary N) is 3. The van der Waals surface area contributed by atoms with Crippen LogP contribution < -0.4 is 24.8 Å². The maximum absolute atomic E-state index is 14.7. The third-order valence-electron chi connectivity index (χ3n) is 11.9. The van der Waals surface area contributed by atoms with Crippen molar-refractivity contribution >= 4 is 44.6 Å². The molecule has 1 aromatic carbocycles. The Balaban J connectivity index is 1.35. The Kier molecular flexibility index (Phi) is 11.8. The van der Waals surface area contributed by atoms with Crippen LogP contribution in [0.15, 0.2) is 42.6 Å². The molecule has 4 amide bonds. The minimum Gasteiger partial charge on any atom is -0.492 e. The molecule has 1 saturated heterocycles. The van der Waals surface area contributed by atoms with Gasteiger partial charge in [0.25, 0.3) is 5.91 Å². The van der Waals surface area contributed by atoms with Gasteiger partial charge in [-0.25, -0.2) is 18.2 Å². The van der Waals surface area contributed by atoms with Gasteiger partial charge in [0.1, 0.15) is 29.5 Å². The number of alkyl halides is 3. The Morgan fingerprint density at radius 3 is 2.41 bits per heavy atom. The lowest BCUT2D eigenvalue weighted by molar-refractivity contribution is -0.244. The van der Waals surface area contributed by atoms with E-state index in [4.69, 9.17) is 14.2 Å². The van der Waals surface area contributed by atoms with E-state index in [-0.39, 0.29) is 31.2 Å². The number of fused-ring (bicyclic) bond motifs is 3. The number of carbonyl (C=O) groups excluding carboxylic acids is 4. The van der Waals surface area contributed by atoms with Gasteiger partial charge in [-0.15, -0.1) is 0 Å². The van der Waals surface area contributed by atoms with Gasteiger partial charge in [0.05, 0.1) is 24.1 Å². The van der Waals surface area contributed by atoms with Crippen molar-refractivity contribution in [2.75, 3.05) is 13.2 Å². The minimum absolute atomic E-state index is 0.0310. The highest BCUT2D eigenvalue weighted by molar-refractivity contribution is 7.91. The minimum atomic E-state index is -4.91. The molecule has 3 N–H and O–H groups in total. The Morgan fingerprint density at radius 2 is 1.76 bits per heavy atom. The second-order valence-electron chi connectivity index (χ2n) is 16.8. The Bertz CT molecular complexity index is 2070. The normalized spacial score (nSPS) is 29.4. The van der Waals surface area contributed by atoms with Gasteiger partial charge >= 0.3 is 12.3 Å². The first kappa shape index (κ1) is 43.0. The van der Waals surface area contributed by atoms with Crippen LogP contribution in [0.1, 0.15) is 86.5 Å². The Hall–Kier alpha value is -4.61. The fraction of sp³-hybridized carbons (Fsp3) is 0.625. The maximum atomic E-state index is 14.7. The van der Waals surface area contributed by atoms with E-state index in [0.29, 0.717) is 69.1 Å². The molecule has 7 atom stereocenters. The standard InChI is InChI=1S/C40H52F3N5O9S/c1-7-55-30-21-44-33(28-14-9-8-13-27(28)30)56-26-19-29-32(49)46-39(35(51)47-58(53,54)38(6)17-18-38)20-25(39)16-15-23(2)11-10-12-24(3)31(34(50)48(29)22-26)45-36(52)57-37(4,5)40(41,42)43/h8-9,13-16,21,23-26,29,31H,7,10-12,17-20,22H2,1-6H3,(H,45,52)(H,46,49)(H,47,51)/b16-15-/t23-,24-,25-,26-,29?,31+,39-/m1/s1. The number of carbonyl (C=O) groups is 4. The molecule has 318 valence electrons. The first-order chi connectivity index (χ1) is 27.1. The van der Waals surface area contributed by atoms with E-state index >= 15 is 0 Å². The zero-order chi connectivity index (χ0) is 42.4. The molecule has 1 unspecified atom stereocenters. The fourth-order valence-corrected chi connectivity index (χ4v) is 8.84. The van der Waals surface area contributed by atoms with Crippen molar-refractivity contribution in [1.82, 2.24) is 25.2 Å². The fourth-order valence-electron chi connectivity index (χ4n) is 7.52. The molecule has 1 aromatic heterocycles. The van der Waals surface area contributed by atoms with Crippen molar-refractivity contribution in [2.24, 2.45) is 17.8 Å². The van der Waals surface area contributed by atoms with Gasteiger partial charge in [-0.2, -0.15) is 13.2 Å². The van der Waals surface area contributed by atoms with E-state index < -0.39 is 85.9 Å². The van der Waals surface area contributed by atoms with Crippen LogP contribution in [0.5, 0.6) is 11.6 Å². The maximum Gasteiger partial charge on any atom is 0.427 e. The monoisotopic (exact) mass is 835 g/mol. The molecule has 0 spiro atoms. The Morgan fingerprint density at radius 1 is 1.07 bits per heavy atom. The number of allylic oxidation sites excluding steroid dienone is 1. The smallest absolute Gasteiger partial charge is 0.427 e. The first-order valence-corrected chi connectivity index (χ1v) is 21.2. The van der Waals surface area contributed by atoms with Crippen molar-refractivity contribution in [3.8, 4) is 11.6 Å². The van der Waals surface area contributed by atoms with Crippen molar-refractivity contribution in [1.29, 1.82) is 0 Å². The quantitative estimate of drug-likeness (QED) is 0.281. The van der Waals surface area contributed by atoms with Crippen molar-refractivity contribution < 1.29 is 55.0 Å². The lowest BCUT2D eigenvalue weighted by Crippen LogP contribution is -2.59. The van der Waals surface area contributed by atoms with Gasteiger partial charge in [-0.05, 0) is 77.7 Å². The molecule has 14 nitrogen and oxygen atoms in total. The summed E-state index contributed by atoms with van der Waals surface area (Å²) < 4.78 is 85.6. The molecule has 6 rings (SSSR count). The molecule has 3 fully saturated rings. The largest absolute Gasteiger partial charge is 0.492 e. The predicted molar refractivity (Wildman–Crippen MR) is 206 cm³/mol. The average molecular weight is 836 g/mol. The van der Waals surface area contributed by atoms with E-state index in [9.17, 15) is 40.8 Å². The van der Waals surface area contributed by atoms with Crippen LogP contribution in [0, 0.1) is 17.8 Å². The molecule has 2 aromatic rings. The number of aromatic nitrogens is 1. The number of halogens is 3. The van der Waals surface area contributed by atoms with Gasteiger partial charge in [-0.1, -0.05) is 50.6 Å². The molecule has 3 heterocycles. The molecule has 58 heavy (non-hydrogen) atoms. The van der Waals surface area contributed by atoms with E-state index in [0.717, 1.165) is 0 Å². The summed E-state index contributed by atoms with van der Waals surface area (Å²) in [6.45, 7) is 8.56. The van der Waals surface area contributed by atoms with Crippen LogP contribution in [0.25, 0.3) is 10.8 Å². The highest BCUT2D eigenvalue weighted by Crippen LogP contribution is 2.48. The topological polar surface area (TPSA) is 182 Å². The number of hydrogen-bond acceptors (Lipinski definition) is 10. The molecular formula is C40H52F3N5O9S. The van der Waals surface area contributed by atoms with Crippen LogP contribution in [-0.4, -0.2) is 95.5 Å². The van der Waals surface area contributed by atoms with Gasteiger partial charge in [-0.3, -0.25) is 19.1 Å². The van der Waals surface area contributed by atoms with Crippen LogP contribution >= 0.6 is 0 Å². The van der Waals surface area contributed by atoms with Crippen molar-refractivity contribution in [2.45, 2.75) is 127 Å². The van der Waals surface area contributed by atoms with Gasteiger partial charge < -0.3 is 29.7 Å². The van der Waals surface area contributed by atoms with Crippen LogP contribution in [0.3, 0.4) is 0 Å². The number of nitrogens with zero attached hydrogens (tertiary/aromatic N) is 2. The molecule has 2 aliphatic carbocycles. The number of benzene rings is 1. The highest BCUT2D eigenvalue weighted by atomic mass is 32.2. The molecule has 0 radical (unpaired) electrons. The lowest BCUT2D eigenvalue weighted by Gasteiger charge is -2.33. The molecule has 2 saturated carbocycles. The van der Waals surface area contributed by atoms with E-state index in [1.54, 1.807) is 25.1 Å². The SMILES string of the molecule is CCOc1cnc(O[C@@H]2CC3C(=O)N[C@]4(C(=O)NS(=O)(=O)C5(C)CC5)C[C@H]4/C=C\[C@H](C)CCC[C@@H](C)[C@H](NC(=O)OC(C)(C)C(F)(F)F)C(=O)N3C2)c2ccccc12. The number of alkyl carbamates (subject to hydrolysis) is 1. The summed E-state index contributed by atoms with van der Waals surface area (Å²) in [6, 6.07) is 4.47.